The molecule has 1 saturated carbocycles. The molecular weight excluding hydrogens is 476 g/mol. The summed E-state index contributed by atoms with van der Waals surface area (Å²) >= 11 is 5.26. The number of amides is 1. The van der Waals surface area contributed by atoms with Gasteiger partial charge in [0.2, 0.25) is 10.0 Å². The van der Waals surface area contributed by atoms with Gasteiger partial charge in [-0.25, -0.2) is 22.0 Å². The fourth-order valence-electron chi connectivity index (χ4n) is 3.92. The number of ether oxygens (including phenoxy) is 1. The van der Waals surface area contributed by atoms with E-state index in [1.807, 2.05) is 0 Å². The minimum Gasteiger partial charge on any atom is -0.442 e. The molecule has 3 fully saturated rings. The fourth-order valence-corrected chi connectivity index (χ4v) is 5.30. The standard InChI is InChI=1S/C20H23F2N5O4S2/c21-16-9-14(27-12-15(31-20(27)28)11-24-19(32)13-1-2-13)10-17(22)18(16)25-4-6-26(7-5-25)33(29,30)8-3-23/h9-10,13,15H,1-2,4-8,11-12H2,(H,24,32)/t15-/m0/s1. The number of nitrogens with one attached hydrogen (secondary N) is 1. The predicted molar refractivity (Wildman–Crippen MR) is 120 cm³/mol. The lowest BCUT2D eigenvalue weighted by atomic mass is 10.2. The van der Waals surface area contributed by atoms with E-state index in [4.69, 9.17) is 22.2 Å². The second-order valence-corrected chi connectivity index (χ2v) is 10.6. The number of anilines is 2. The summed E-state index contributed by atoms with van der Waals surface area (Å²) < 4.78 is 60.3. The van der Waals surface area contributed by atoms with E-state index in [1.165, 1.54) is 9.80 Å². The van der Waals surface area contributed by atoms with Crippen LogP contribution in [-0.2, 0) is 14.8 Å². The summed E-state index contributed by atoms with van der Waals surface area (Å²) in [5.74, 6) is -1.97. The summed E-state index contributed by atoms with van der Waals surface area (Å²) in [4.78, 5) is 15.6. The number of benzene rings is 1. The number of hydrogen-bond donors (Lipinski definition) is 1. The van der Waals surface area contributed by atoms with Crippen molar-refractivity contribution < 1.29 is 26.7 Å². The lowest BCUT2D eigenvalue weighted by Crippen LogP contribution is -2.49. The second kappa shape index (κ2) is 9.36. The largest absolute Gasteiger partial charge is 0.442 e. The van der Waals surface area contributed by atoms with Gasteiger partial charge < -0.3 is 15.0 Å². The van der Waals surface area contributed by atoms with Crippen molar-refractivity contribution in [3.63, 3.8) is 0 Å². The Balaban J connectivity index is 1.41. The highest BCUT2D eigenvalue weighted by Crippen LogP contribution is 2.32. The molecular formula is C20H23F2N5O4S2. The molecule has 1 atom stereocenters. The van der Waals surface area contributed by atoms with Crippen LogP contribution in [0.25, 0.3) is 0 Å². The minimum atomic E-state index is -3.71. The maximum absolute atomic E-state index is 14.9. The number of sulfonamides is 1. The van der Waals surface area contributed by atoms with Crippen molar-refractivity contribution >= 4 is 44.7 Å². The van der Waals surface area contributed by atoms with Crippen molar-refractivity contribution in [1.29, 1.82) is 5.26 Å². The van der Waals surface area contributed by atoms with Gasteiger partial charge in [0.15, 0.2) is 17.4 Å². The van der Waals surface area contributed by atoms with E-state index in [-0.39, 0.29) is 44.1 Å². The molecule has 1 aromatic rings. The maximum Gasteiger partial charge on any atom is 0.414 e. The number of rotatable bonds is 7. The van der Waals surface area contributed by atoms with Gasteiger partial charge in [-0.1, -0.05) is 12.2 Å². The highest BCUT2D eigenvalue weighted by molar-refractivity contribution is 7.89. The number of thiocarbonyl (C=S) groups is 1. The molecule has 1 aromatic carbocycles. The molecule has 0 aromatic heterocycles. The van der Waals surface area contributed by atoms with Crippen LogP contribution in [0.5, 0.6) is 0 Å². The van der Waals surface area contributed by atoms with Crippen molar-refractivity contribution in [3.05, 3.63) is 23.8 Å². The molecule has 13 heteroatoms. The Hall–Kier alpha value is -2.56. The molecule has 2 aliphatic heterocycles. The van der Waals surface area contributed by atoms with Gasteiger partial charge in [-0.2, -0.15) is 9.57 Å². The van der Waals surface area contributed by atoms with E-state index in [9.17, 15) is 22.0 Å². The molecule has 0 radical (unpaired) electrons. The minimum absolute atomic E-state index is 0.0144. The Morgan fingerprint density at radius 1 is 1.21 bits per heavy atom. The molecule has 33 heavy (non-hydrogen) atoms. The average Bonchev–Trinajstić information content (AvgIpc) is 3.54. The number of halogens is 2. The SMILES string of the molecule is N#CCS(=O)(=O)N1CCN(c2c(F)cc(N3C[C@H](CNC(=S)C4CC4)OC3=O)cc2F)CC1. The Kier molecular flexibility index (Phi) is 6.69. The number of carbonyl (C=O) groups excluding carboxylic acids is 1. The monoisotopic (exact) mass is 499 g/mol. The Morgan fingerprint density at radius 2 is 1.85 bits per heavy atom. The summed E-state index contributed by atoms with van der Waals surface area (Å²) in [6.07, 6.45) is 0.918. The van der Waals surface area contributed by atoms with Crippen LogP contribution in [-0.4, -0.2) is 74.9 Å². The van der Waals surface area contributed by atoms with Crippen LogP contribution in [0.4, 0.5) is 25.0 Å². The quantitative estimate of drug-likeness (QED) is 0.564. The summed E-state index contributed by atoms with van der Waals surface area (Å²) in [6.45, 7) is 0.629. The van der Waals surface area contributed by atoms with Gasteiger partial charge in [-0.15, -0.1) is 0 Å². The van der Waals surface area contributed by atoms with Crippen molar-refractivity contribution in [2.75, 3.05) is 54.8 Å². The van der Waals surface area contributed by atoms with Crippen molar-refractivity contribution in [3.8, 4) is 6.07 Å². The predicted octanol–water partition coefficient (Wildman–Crippen LogP) is 1.59. The van der Waals surface area contributed by atoms with Crippen molar-refractivity contribution in [1.82, 2.24) is 9.62 Å². The first-order chi connectivity index (χ1) is 15.7. The lowest BCUT2D eigenvalue weighted by molar-refractivity contribution is 0.143. The first kappa shape index (κ1) is 23.6. The number of piperazine rings is 1. The molecule has 4 rings (SSSR count). The van der Waals surface area contributed by atoms with Crippen LogP contribution < -0.4 is 15.1 Å². The maximum atomic E-state index is 14.9. The van der Waals surface area contributed by atoms with E-state index in [0.29, 0.717) is 12.5 Å². The van der Waals surface area contributed by atoms with Crippen LogP contribution in [0.3, 0.4) is 0 Å². The summed E-state index contributed by atoms with van der Waals surface area (Å²) in [5.41, 5.74) is -0.238. The second-order valence-electron chi connectivity index (χ2n) is 8.19. The van der Waals surface area contributed by atoms with Crippen LogP contribution in [0.1, 0.15) is 12.8 Å². The molecule has 2 saturated heterocycles. The van der Waals surface area contributed by atoms with Crippen molar-refractivity contribution in [2.45, 2.75) is 18.9 Å². The Labute approximate surface area is 195 Å². The van der Waals surface area contributed by atoms with Gasteiger partial charge in [-0.3, -0.25) is 4.90 Å². The summed E-state index contributed by atoms with van der Waals surface area (Å²) in [7, 11) is -3.71. The zero-order valence-corrected chi connectivity index (χ0v) is 19.3. The van der Waals surface area contributed by atoms with Gasteiger partial charge in [0.05, 0.1) is 29.8 Å². The van der Waals surface area contributed by atoms with Crippen molar-refractivity contribution in [2.24, 2.45) is 5.92 Å². The zero-order chi connectivity index (χ0) is 23.8. The summed E-state index contributed by atoms with van der Waals surface area (Å²) in [5, 5.41) is 11.7. The molecule has 1 aliphatic carbocycles. The van der Waals surface area contributed by atoms with E-state index < -0.39 is 39.6 Å². The highest BCUT2D eigenvalue weighted by Gasteiger charge is 2.35. The third-order valence-corrected chi connectivity index (χ3v) is 7.96. The smallest absolute Gasteiger partial charge is 0.414 e. The Morgan fingerprint density at radius 3 is 2.42 bits per heavy atom. The van der Waals surface area contributed by atoms with Gasteiger partial charge >= 0.3 is 6.09 Å². The third kappa shape index (κ3) is 5.18. The number of carbonyl (C=O) groups is 1. The number of cyclic esters (lactones) is 1. The van der Waals surface area contributed by atoms with E-state index in [1.54, 1.807) is 6.07 Å². The number of nitrogens with zero attached hydrogens (tertiary/aromatic N) is 4. The van der Waals surface area contributed by atoms with Gasteiger partial charge in [0, 0.05) is 44.2 Å². The van der Waals surface area contributed by atoms with E-state index >= 15 is 0 Å². The molecule has 9 nitrogen and oxygen atoms in total. The van der Waals surface area contributed by atoms with E-state index in [0.717, 1.165) is 34.3 Å². The molecule has 0 bridgehead atoms. The zero-order valence-electron chi connectivity index (χ0n) is 17.7. The Bertz CT molecular complexity index is 1080. The lowest BCUT2D eigenvalue weighted by Gasteiger charge is -2.35. The highest BCUT2D eigenvalue weighted by atomic mass is 32.2. The molecule has 1 amide bonds. The number of hydrogen-bond acceptors (Lipinski definition) is 7. The van der Waals surface area contributed by atoms with Crippen LogP contribution in [0, 0.1) is 28.9 Å². The molecule has 0 spiro atoms. The number of nitriles is 1. The van der Waals surface area contributed by atoms with Crippen LogP contribution in [0.15, 0.2) is 12.1 Å². The summed E-state index contributed by atoms with van der Waals surface area (Å²) in [6, 6.07) is 3.76. The first-order valence-electron chi connectivity index (χ1n) is 10.5. The molecule has 2 heterocycles. The first-order valence-corrected chi connectivity index (χ1v) is 12.6. The van der Waals surface area contributed by atoms with Gasteiger partial charge in [-0.05, 0) is 12.8 Å². The molecule has 1 N–H and O–H groups in total. The third-order valence-electron chi connectivity index (χ3n) is 5.83. The molecule has 3 aliphatic rings. The molecule has 178 valence electrons. The molecule has 0 unspecified atom stereocenters. The normalized spacial score (nSPS) is 21.6. The van der Waals surface area contributed by atoms with Gasteiger partial charge in [0.1, 0.15) is 11.8 Å². The fraction of sp³-hybridized carbons (Fsp3) is 0.550. The van der Waals surface area contributed by atoms with Gasteiger partial charge in [0.25, 0.3) is 0 Å². The van der Waals surface area contributed by atoms with Crippen LogP contribution in [0.2, 0.25) is 0 Å². The topological polar surface area (TPSA) is 106 Å². The van der Waals surface area contributed by atoms with E-state index in [2.05, 4.69) is 5.32 Å². The van der Waals surface area contributed by atoms with Crippen LogP contribution >= 0.6 is 12.2 Å². The average molecular weight is 500 g/mol.